The molecule has 1 saturated carbocycles. The zero-order chi connectivity index (χ0) is 12.5. The van der Waals surface area contributed by atoms with Crippen molar-refractivity contribution in [3.05, 3.63) is 10.9 Å². The molecule has 0 amide bonds. The van der Waals surface area contributed by atoms with Gasteiger partial charge in [0.2, 0.25) is 0 Å². The van der Waals surface area contributed by atoms with Crippen molar-refractivity contribution in [2.45, 2.75) is 19.3 Å². The summed E-state index contributed by atoms with van der Waals surface area (Å²) in [6.07, 6.45) is 3.22. The lowest BCUT2D eigenvalue weighted by atomic mass is 10.2. The fourth-order valence-electron chi connectivity index (χ4n) is 2.34. The van der Waals surface area contributed by atoms with E-state index in [0.29, 0.717) is 5.69 Å². The maximum absolute atomic E-state index is 12.1. The summed E-state index contributed by atoms with van der Waals surface area (Å²) in [6.45, 7) is 4.12. The molecule has 2 heterocycles. The Morgan fingerprint density at radius 3 is 3.00 bits per heavy atom. The maximum atomic E-state index is 12.1. The molecule has 1 aliphatic heterocycles. The molecule has 98 valence electrons. The van der Waals surface area contributed by atoms with Crippen LogP contribution in [0.25, 0.3) is 0 Å². The molecule has 0 unspecified atom stereocenters. The minimum Gasteiger partial charge on any atom is -0.397 e. The van der Waals surface area contributed by atoms with Gasteiger partial charge >= 0.3 is 0 Å². The van der Waals surface area contributed by atoms with E-state index < -0.39 is 0 Å². The van der Waals surface area contributed by atoms with Crippen molar-refractivity contribution in [3.63, 3.8) is 0 Å². The summed E-state index contributed by atoms with van der Waals surface area (Å²) in [5.74, 6) is 0.515. The van der Waals surface area contributed by atoms with Gasteiger partial charge in [0.1, 0.15) is 0 Å². The third kappa shape index (κ3) is 2.37. The molecule has 1 aromatic heterocycles. The van der Waals surface area contributed by atoms with E-state index in [-0.39, 0.29) is 11.7 Å². The Hall–Kier alpha value is -1.07. The summed E-state index contributed by atoms with van der Waals surface area (Å²) in [5, 5.41) is 4.54. The molecule has 0 atom stereocenters. The van der Waals surface area contributed by atoms with Gasteiger partial charge in [-0.05, 0) is 31.9 Å². The molecule has 18 heavy (non-hydrogen) atoms. The first kappa shape index (κ1) is 12.0. The lowest BCUT2D eigenvalue weighted by Gasteiger charge is -2.19. The van der Waals surface area contributed by atoms with Crippen LogP contribution in [0.5, 0.6) is 0 Å². The van der Waals surface area contributed by atoms with Crippen LogP contribution in [-0.2, 0) is 0 Å². The molecule has 0 spiro atoms. The van der Waals surface area contributed by atoms with Crippen LogP contribution < -0.4 is 16.0 Å². The fraction of sp³-hybridized carbons (Fsp3) is 0.615. The smallest absolute Gasteiger partial charge is 0.178 e. The minimum atomic E-state index is 0.254. The van der Waals surface area contributed by atoms with E-state index in [1.54, 1.807) is 11.3 Å². The summed E-state index contributed by atoms with van der Waals surface area (Å²) in [7, 11) is 0. The van der Waals surface area contributed by atoms with Crippen molar-refractivity contribution >= 4 is 27.8 Å². The number of nitrogen functional groups attached to an aromatic ring is 1. The number of nitrogens with zero attached hydrogens (tertiary/aromatic N) is 1. The van der Waals surface area contributed by atoms with Gasteiger partial charge in [-0.15, -0.1) is 11.3 Å². The Morgan fingerprint density at radius 2 is 2.22 bits per heavy atom. The monoisotopic (exact) mass is 265 g/mol. The summed E-state index contributed by atoms with van der Waals surface area (Å²) < 4.78 is 0. The van der Waals surface area contributed by atoms with Crippen LogP contribution in [0.3, 0.4) is 0 Å². The molecular weight excluding hydrogens is 246 g/mol. The predicted molar refractivity (Wildman–Crippen MR) is 75.5 cm³/mol. The van der Waals surface area contributed by atoms with Gasteiger partial charge in [0.25, 0.3) is 0 Å². The molecule has 2 aliphatic rings. The number of carbonyl (C=O) groups excluding carboxylic acids is 1. The van der Waals surface area contributed by atoms with Crippen molar-refractivity contribution in [1.29, 1.82) is 0 Å². The van der Waals surface area contributed by atoms with Gasteiger partial charge in [0.15, 0.2) is 5.78 Å². The second-order valence-electron chi connectivity index (χ2n) is 5.10. The third-order valence-electron chi connectivity index (χ3n) is 3.57. The molecule has 3 rings (SSSR count). The van der Waals surface area contributed by atoms with Crippen molar-refractivity contribution in [3.8, 4) is 0 Å². The highest BCUT2D eigenvalue weighted by Crippen LogP contribution is 2.39. The highest BCUT2D eigenvalue weighted by molar-refractivity contribution is 7.18. The number of rotatable bonds is 3. The molecule has 0 aromatic carbocycles. The highest BCUT2D eigenvalue weighted by atomic mass is 32.1. The van der Waals surface area contributed by atoms with E-state index in [0.717, 1.165) is 55.3 Å². The quantitative estimate of drug-likeness (QED) is 0.817. The third-order valence-corrected chi connectivity index (χ3v) is 4.80. The minimum absolute atomic E-state index is 0.254. The second kappa shape index (κ2) is 4.90. The Labute approximate surface area is 111 Å². The molecule has 0 bridgehead atoms. The number of Topliss-reactive ketones (excluding diaryl/α,β-unsaturated/α-hetero) is 1. The number of hydrogen-bond acceptors (Lipinski definition) is 5. The number of nitrogens with two attached hydrogens (primary N) is 1. The average Bonchev–Trinajstić information content (AvgIpc) is 3.16. The number of ketones is 1. The maximum Gasteiger partial charge on any atom is 0.178 e. The van der Waals surface area contributed by atoms with Crippen LogP contribution >= 0.6 is 11.3 Å². The summed E-state index contributed by atoms with van der Waals surface area (Å²) in [5.41, 5.74) is 6.67. The van der Waals surface area contributed by atoms with Gasteiger partial charge in [-0.2, -0.15) is 0 Å². The van der Waals surface area contributed by atoms with Crippen LogP contribution in [0.2, 0.25) is 0 Å². The van der Waals surface area contributed by atoms with Crippen molar-refractivity contribution in [2.75, 3.05) is 36.8 Å². The molecule has 1 saturated heterocycles. The van der Waals surface area contributed by atoms with Gasteiger partial charge in [0.05, 0.1) is 15.6 Å². The molecule has 1 aliphatic carbocycles. The van der Waals surface area contributed by atoms with Gasteiger partial charge in [-0.25, -0.2) is 0 Å². The standard InChI is InChI=1S/C13H19N3OS/c14-10-8-11(16-6-1-4-15-5-7-16)18-13(10)12(17)9-2-3-9/h8-9,15H,1-7,14H2. The van der Waals surface area contributed by atoms with Crippen LogP contribution in [-0.4, -0.2) is 32.0 Å². The Kier molecular flexibility index (Phi) is 3.26. The van der Waals surface area contributed by atoms with E-state index in [1.807, 2.05) is 6.07 Å². The summed E-state index contributed by atoms with van der Waals surface area (Å²) in [6, 6.07) is 1.98. The number of carbonyl (C=O) groups is 1. The van der Waals surface area contributed by atoms with E-state index in [1.165, 1.54) is 0 Å². The zero-order valence-corrected chi connectivity index (χ0v) is 11.3. The Morgan fingerprint density at radius 1 is 1.39 bits per heavy atom. The SMILES string of the molecule is Nc1cc(N2CCCNCC2)sc1C(=O)C1CC1. The normalized spacial score (nSPS) is 20.8. The molecule has 5 heteroatoms. The van der Waals surface area contributed by atoms with Crippen LogP contribution in [0, 0.1) is 5.92 Å². The van der Waals surface area contributed by atoms with Crippen molar-refractivity contribution in [2.24, 2.45) is 5.92 Å². The Bertz CT molecular complexity index is 445. The average molecular weight is 265 g/mol. The number of nitrogens with one attached hydrogen (secondary N) is 1. The molecule has 0 radical (unpaired) electrons. The zero-order valence-electron chi connectivity index (χ0n) is 10.4. The number of hydrogen-bond donors (Lipinski definition) is 2. The first-order valence-electron chi connectivity index (χ1n) is 6.65. The van der Waals surface area contributed by atoms with E-state index in [4.69, 9.17) is 5.73 Å². The first-order chi connectivity index (χ1) is 8.75. The molecule has 1 aromatic rings. The summed E-state index contributed by atoms with van der Waals surface area (Å²) >= 11 is 1.58. The van der Waals surface area contributed by atoms with Gasteiger partial charge in [-0.1, -0.05) is 0 Å². The Balaban J connectivity index is 1.79. The largest absolute Gasteiger partial charge is 0.397 e. The van der Waals surface area contributed by atoms with Crippen molar-refractivity contribution < 1.29 is 4.79 Å². The fourth-order valence-corrected chi connectivity index (χ4v) is 3.49. The van der Waals surface area contributed by atoms with Crippen LogP contribution in [0.15, 0.2) is 6.07 Å². The lowest BCUT2D eigenvalue weighted by molar-refractivity contribution is 0.0972. The number of anilines is 2. The molecular formula is C13H19N3OS. The number of thiophene rings is 1. The van der Waals surface area contributed by atoms with Gasteiger partial charge < -0.3 is 16.0 Å². The molecule has 3 N–H and O–H groups in total. The van der Waals surface area contributed by atoms with Crippen LogP contribution in [0.4, 0.5) is 10.7 Å². The highest BCUT2D eigenvalue weighted by Gasteiger charge is 2.33. The van der Waals surface area contributed by atoms with Crippen LogP contribution in [0.1, 0.15) is 28.9 Å². The van der Waals surface area contributed by atoms with Gasteiger partial charge in [-0.3, -0.25) is 4.79 Å². The summed E-state index contributed by atoms with van der Waals surface area (Å²) in [4.78, 5) is 15.2. The first-order valence-corrected chi connectivity index (χ1v) is 7.46. The topological polar surface area (TPSA) is 58.4 Å². The second-order valence-corrected chi connectivity index (χ2v) is 6.13. The lowest BCUT2D eigenvalue weighted by Crippen LogP contribution is -2.26. The van der Waals surface area contributed by atoms with Crippen molar-refractivity contribution in [1.82, 2.24) is 5.32 Å². The predicted octanol–water partition coefficient (Wildman–Crippen LogP) is 1.72. The van der Waals surface area contributed by atoms with E-state index >= 15 is 0 Å². The van der Waals surface area contributed by atoms with E-state index in [2.05, 4.69) is 10.2 Å². The van der Waals surface area contributed by atoms with E-state index in [9.17, 15) is 4.79 Å². The van der Waals surface area contributed by atoms with Gasteiger partial charge in [0, 0.05) is 25.6 Å². The molecule has 2 fully saturated rings. The molecule has 4 nitrogen and oxygen atoms in total.